The molecule has 0 radical (unpaired) electrons. The Labute approximate surface area is 236 Å². The Morgan fingerprint density at radius 2 is 1.79 bits per heavy atom. The predicted molar refractivity (Wildman–Crippen MR) is 156 cm³/mol. The number of ether oxygens (including phenoxy) is 1. The van der Waals surface area contributed by atoms with Crippen LogP contribution in [0.2, 0.25) is 10.0 Å². The lowest BCUT2D eigenvalue weighted by Gasteiger charge is -2.16. The summed E-state index contributed by atoms with van der Waals surface area (Å²) in [4.78, 5) is 33.1. The average molecular weight is 568 g/mol. The number of pyridine rings is 1. The largest absolute Gasteiger partial charge is 0.462 e. The number of thiophene rings is 1. The van der Waals surface area contributed by atoms with Gasteiger partial charge in [-0.2, -0.15) is 0 Å². The van der Waals surface area contributed by atoms with Crippen LogP contribution < -0.4 is 5.32 Å². The van der Waals surface area contributed by atoms with Gasteiger partial charge in [0, 0.05) is 20.8 Å². The number of aromatic nitrogens is 1. The summed E-state index contributed by atoms with van der Waals surface area (Å²) in [5.41, 5.74) is 4.69. The highest BCUT2D eigenvalue weighted by atomic mass is 35.5. The van der Waals surface area contributed by atoms with Crippen LogP contribution in [0, 0.1) is 6.92 Å². The van der Waals surface area contributed by atoms with Gasteiger partial charge in [-0.15, -0.1) is 11.3 Å². The van der Waals surface area contributed by atoms with Crippen molar-refractivity contribution in [2.75, 3.05) is 11.9 Å². The van der Waals surface area contributed by atoms with E-state index >= 15 is 0 Å². The number of rotatable bonds is 5. The first-order chi connectivity index (χ1) is 18.4. The monoisotopic (exact) mass is 566 g/mol. The molecule has 0 fully saturated rings. The third-order valence-electron chi connectivity index (χ3n) is 6.93. The van der Waals surface area contributed by atoms with Gasteiger partial charge in [-0.25, -0.2) is 9.78 Å². The number of aryl methyl sites for hydroxylation is 1. The van der Waals surface area contributed by atoms with Gasteiger partial charge >= 0.3 is 5.97 Å². The quantitative estimate of drug-likeness (QED) is 0.245. The Hall–Kier alpha value is -2.93. The van der Waals surface area contributed by atoms with Gasteiger partial charge in [0.25, 0.3) is 5.91 Å². The first-order valence-corrected chi connectivity index (χ1v) is 14.4. The number of anilines is 1. The SMILES string of the molecule is CCOC(=O)c1c(NC(=O)c2c(C)c(-c3ccc(Cl)cc3Cl)nc3ccccc23)sc2c1CCCCCC2. The standard InChI is InChI=1S/C30H28Cl2N2O3S/c1-3-37-30(36)26-21-11-6-4-5-7-13-24(21)38-29(26)34-28(35)25-17(2)27(19-15-14-18(31)16-22(19)32)33-23-12-9-8-10-20(23)25/h8-10,12,14-16H,3-7,11,13H2,1-2H3,(H,34,35). The molecule has 196 valence electrons. The number of hydrogen-bond acceptors (Lipinski definition) is 5. The lowest BCUT2D eigenvalue weighted by molar-refractivity contribution is 0.0526. The van der Waals surface area contributed by atoms with Crippen molar-refractivity contribution in [2.24, 2.45) is 0 Å². The summed E-state index contributed by atoms with van der Waals surface area (Å²) in [7, 11) is 0. The van der Waals surface area contributed by atoms with Crippen LogP contribution in [0.25, 0.3) is 22.2 Å². The number of nitrogens with one attached hydrogen (secondary N) is 1. The van der Waals surface area contributed by atoms with Gasteiger partial charge in [0.05, 0.1) is 34.0 Å². The van der Waals surface area contributed by atoms with E-state index < -0.39 is 0 Å². The molecule has 0 aliphatic heterocycles. The molecule has 1 amide bonds. The van der Waals surface area contributed by atoms with Crippen molar-refractivity contribution in [2.45, 2.75) is 52.4 Å². The number of nitrogens with zero attached hydrogens (tertiary/aromatic N) is 1. The number of fused-ring (bicyclic) bond motifs is 2. The molecule has 8 heteroatoms. The number of para-hydroxylation sites is 1. The molecule has 0 spiro atoms. The van der Waals surface area contributed by atoms with Crippen molar-refractivity contribution < 1.29 is 14.3 Å². The summed E-state index contributed by atoms with van der Waals surface area (Å²) in [5, 5.41) is 5.35. The second kappa shape index (κ2) is 11.4. The number of hydrogen-bond donors (Lipinski definition) is 1. The third kappa shape index (κ3) is 5.18. The zero-order valence-electron chi connectivity index (χ0n) is 21.3. The van der Waals surface area contributed by atoms with E-state index in [-0.39, 0.29) is 18.5 Å². The van der Waals surface area contributed by atoms with Crippen LogP contribution in [0.15, 0.2) is 42.5 Å². The molecule has 38 heavy (non-hydrogen) atoms. The molecular weight excluding hydrogens is 539 g/mol. The molecule has 2 aromatic carbocycles. The van der Waals surface area contributed by atoms with Crippen LogP contribution in [0.3, 0.4) is 0 Å². The summed E-state index contributed by atoms with van der Waals surface area (Å²) >= 11 is 14.2. The highest BCUT2D eigenvalue weighted by molar-refractivity contribution is 7.17. The number of carbonyl (C=O) groups excluding carboxylic acids is 2. The molecular formula is C30H28Cl2N2O3S. The fraction of sp³-hybridized carbons (Fsp3) is 0.300. The maximum atomic E-state index is 14.0. The Kier molecular flexibility index (Phi) is 8.03. The van der Waals surface area contributed by atoms with E-state index in [1.807, 2.05) is 37.3 Å². The van der Waals surface area contributed by atoms with Gasteiger partial charge in [0.15, 0.2) is 0 Å². The molecule has 1 N–H and O–H groups in total. The van der Waals surface area contributed by atoms with Crippen molar-refractivity contribution in [3.63, 3.8) is 0 Å². The first-order valence-electron chi connectivity index (χ1n) is 12.9. The number of halogens is 2. The molecule has 5 rings (SSSR count). The minimum atomic E-state index is -0.384. The topological polar surface area (TPSA) is 68.3 Å². The predicted octanol–water partition coefficient (Wildman–Crippen LogP) is 8.67. The molecule has 0 saturated heterocycles. The van der Waals surface area contributed by atoms with E-state index in [2.05, 4.69) is 5.32 Å². The summed E-state index contributed by atoms with van der Waals surface area (Å²) in [6.45, 7) is 3.94. The first kappa shape index (κ1) is 26.7. The highest BCUT2D eigenvalue weighted by Gasteiger charge is 2.28. The van der Waals surface area contributed by atoms with Crippen LogP contribution >= 0.6 is 34.5 Å². The molecule has 5 nitrogen and oxygen atoms in total. The van der Waals surface area contributed by atoms with Crippen LogP contribution in [-0.2, 0) is 17.6 Å². The highest BCUT2D eigenvalue weighted by Crippen LogP contribution is 2.39. The van der Waals surface area contributed by atoms with Crippen LogP contribution in [0.4, 0.5) is 5.00 Å². The minimum absolute atomic E-state index is 0.274. The summed E-state index contributed by atoms with van der Waals surface area (Å²) < 4.78 is 5.43. The summed E-state index contributed by atoms with van der Waals surface area (Å²) in [5.74, 6) is -0.682. The second-order valence-electron chi connectivity index (χ2n) is 9.40. The lowest BCUT2D eigenvalue weighted by Crippen LogP contribution is -2.17. The van der Waals surface area contributed by atoms with Gasteiger partial charge in [-0.3, -0.25) is 4.79 Å². The van der Waals surface area contributed by atoms with E-state index in [9.17, 15) is 9.59 Å². The van der Waals surface area contributed by atoms with E-state index in [0.717, 1.165) is 47.9 Å². The van der Waals surface area contributed by atoms with Crippen LogP contribution in [-0.4, -0.2) is 23.5 Å². The maximum absolute atomic E-state index is 14.0. The molecule has 2 heterocycles. The average Bonchev–Trinajstić information content (AvgIpc) is 3.19. The molecule has 1 aliphatic rings. The van der Waals surface area contributed by atoms with Crippen LogP contribution in [0.5, 0.6) is 0 Å². The van der Waals surface area contributed by atoms with E-state index in [4.69, 9.17) is 32.9 Å². The minimum Gasteiger partial charge on any atom is -0.462 e. The van der Waals surface area contributed by atoms with Gasteiger partial charge in [-0.1, -0.05) is 54.2 Å². The molecule has 4 aromatic rings. The summed E-state index contributed by atoms with van der Waals surface area (Å²) in [6, 6.07) is 12.8. The van der Waals surface area contributed by atoms with Crippen molar-refractivity contribution in [3.8, 4) is 11.3 Å². The zero-order valence-corrected chi connectivity index (χ0v) is 23.7. The van der Waals surface area contributed by atoms with Crippen molar-refractivity contribution in [1.82, 2.24) is 4.98 Å². The Balaban J connectivity index is 1.63. The molecule has 0 unspecified atom stereocenters. The van der Waals surface area contributed by atoms with E-state index in [1.54, 1.807) is 19.1 Å². The van der Waals surface area contributed by atoms with Gasteiger partial charge in [0.2, 0.25) is 0 Å². The molecule has 0 saturated carbocycles. The Morgan fingerprint density at radius 1 is 1.03 bits per heavy atom. The summed E-state index contributed by atoms with van der Waals surface area (Å²) in [6.07, 6.45) is 6.11. The lowest BCUT2D eigenvalue weighted by atomic mass is 9.96. The number of amides is 1. The fourth-order valence-electron chi connectivity index (χ4n) is 5.14. The van der Waals surface area contributed by atoms with E-state index in [1.165, 1.54) is 17.8 Å². The number of benzene rings is 2. The fourth-order valence-corrected chi connectivity index (χ4v) is 6.91. The van der Waals surface area contributed by atoms with E-state index in [0.29, 0.717) is 48.5 Å². The third-order valence-corrected chi connectivity index (χ3v) is 8.68. The van der Waals surface area contributed by atoms with Crippen molar-refractivity contribution in [1.29, 1.82) is 0 Å². The maximum Gasteiger partial charge on any atom is 0.341 e. The number of esters is 1. The molecule has 2 aromatic heterocycles. The van der Waals surface area contributed by atoms with Gasteiger partial charge in [-0.05, 0) is 74.9 Å². The Bertz CT molecular complexity index is 1550. The van der Waals surface area contributed by atoms with Gasteiger partial charge < -0.3 is 10.1 Å². The smallest absolute Gasteiger partial charge is 0.341 e. The molecule has 1 aliphatic carbocycles. The zero-order chi connectivity index (χ0) is 26.8. The Morgan fingerprint density at radius 3 is 2.55 bits per heavy atom. The number of carbonyl (C=O) groups is 2. The molecule has 0 atom stereocenters. The van der Waals surface area contributed by atoms with Crippen molar-refractivity contribution in [3.05, 3.63) is 79.6 Å². The van der Waals surface area contributed by atoms with Crippen molar-refractivity contribution >= 4 is 62.3 Å². The second-order valence-corrected chi connectivity index (χ2v) is 11.3. The molecule has 0 bridgehead atoms. The normalized spacial score (nSPS) is 13.5. The van der Waals surface area contributed by atoms with Gasteiger partial charge in [0.1, 0.15) is 5.00 Å². The van der Waals surface area contributed by atoms with Crippen LogP contribution in [0.1, 0.15) is 69.3 Å².